The van der Waals surface area contributed by atoms with Gasteiger partial charge in [-0.3, -0.25) is 4.79 Å². The van der Waals surface area contributed by atoms with Crippen molar-refractivity contribution in [2.24, 2.45) is 0 Å². The maximum Gasteiger partial charge on any atom is 0.237 e. The summed E-state index contributed by atoms with van der Waals surface area (Å²) in [6.45, 7) is 2.10. The van der Waals surface area contributed by atoms with Crippen LogP contribution in [0.2, 0.25) is 0 Å². The van der Waals surface area contributed by atoms with Crippen LogP contribution in [-0.4, -0.2) is 31.9 Å². The average molecular weight is 343 g/mol. The number of thioether (sulfide) groups is 1. The molecule has 1 aliphatic rings. The van der Waals surface area contributed by atoms with E-state index in [1.54, 1.807) is 14.2 Å². The summed E-state index contributed by atoms with van der Waals surface area (Å²) in [7, 11) is 3.22. The van der Waals surface area contributed by atoms with Crippen LogP contribution in [0.5, 0.6) is 11.5 Å². The van der Waals surface area contributed by atoms with Crippen LogP contribution in [0.15, 0.2) is 47.4 Å². The molecule has 24 heavy (non-hydrogen) atoms. The third-order valence-electron chi connectivity index (χ3n) is 4.19. The maximum absolute atomic E-state index is 12.7. The van der Waals surface area contributed by atoms with E-state index >= 15 is 0 Å². The summed E-state index contributed by atoms with van der Waals surface area (Å²) in [4.78, 5) is 15.6. The fraction of sp³-hybridized carbons (Fsp3) is 0.316. The van der Waals surface area contributed by atoms with Crippen LogP contribution in [0.25, 0.3) is 0 Å². The summed E-state index contributed by atoms with van der Waals surface area (Å²) in [6.07, 6.45) is 0.920. The standard InChI is InChI=1S/C19H21NO3S/c1-13-10-14-6-4-5-7-16(14)20(13)19(21)12-24-15-8-9-17(22-2)18(11-15)23-3/h4-9,11,13H,10,12H2,1-3H3/t13-/m1/s1. The molecule has 126 valence electrons. The number of fused-ring (bicyclic) bond motifs is 1. The highest BCUT2D eigenvalue weighted by molar-refractivity contribution is 8.00. The van der Waals surface area contributed by atoms with Gasteiger partial charge >= 0.3 is 0 Å². The van der Waals surface area contributed by atoms with Crippen molar-refractivity contribution in [1.82, 2.24) is 0 Å². The van der Waals surface area contributed by atoms with Crippen molar-refractivity contribution < 1.29 is 14.3 Å². The molecule has 0 saturated heterocycles. The number of benzene rings is 2. The van der Waals surface area contributed by atoms with Crippen molar-refractivity contribution in [3.05, 3.63) is 48.0 Å². The van der Waals surface area contributed by atoms with E-state index in [1.807, 2.05) is 41.3 Å². The van der Waals surface area contributed by atoms with E-state index in [0.717, 1.165) is 17.0 Å². The number of methoxy groups -OCH3 is 2. The van der Waals surface area contributed by atoms with Crippen LogP contribution in [0.4, 0.5) is 5.69 Å². The van der Waals surface area contributed by atoms with E-state index in [2.05, 4.69) is 13.0 Å². The molecule has 1 heterocycles. The van der Waals surface area contributed by atoms with Crippen LogP contribution in [0.3, 0.4) is 0 Å². The highest BCUT2D eigenvalue weighted by Gasteiger charge is 2.30. The Morgan fingerprint density at radius 1 is 1.17 bits per heavy atom. The lowest BCUT2D eigenvalue weighted by molar-refractivity contribution is -0.116. The Balaban J connectivity index is 1.70. The van der Waals surface area contributed by atoms with Crippen molar-refractivity contribution in [3.63, 3.8) is 0 Å². The van der Waals surface area contributed by atoms with Gasteiger partial charge in [0.15, 0.2) is 11.5 Å². The molecule has 5 heteroatoms. The van der Waals surface area contributed by atoms with Gasteiger partial charge in [0.1, 0.15) is 0 Å². The summed E-state index contributed by atoms with van der Waals surface area (Å²) in [5.74, 6) is 1.89. The number of carbonyl (C=O) groups is 1. The summed E-state index contributed by atoms with van der Waals surface area (Å²) in [6, 6.07) is 14.0. The zero-order valence-corrected chi connectivity index (χ0v) is 14.9. The number of amides is 1. The fourth-order valence-electron chi connectivity index (χ4n) is 3.07. The molecule has 0 N–H and O–H groups in total. The lowest BCUT2D eigenvalue weighted by atomic mass is 10.1. The van der Waals surface area contributed by atoms with E-state index in [9.17, 15) is 4.79 Å². The highest BCUT2D eigenvalue weighted by Crippen LogP contribution is 2.34. The molecule has 0 radical (unpaired) electrons. The summed E-state index contributed by atoms with van der Waals surface area (Å²) < 4.78 is 10.6. The topological polar surface area (TPSA) is 38.8 Å². The molecule has 0 spiro atoms. The Kier molecular flexibility index (Phi) is 5.00. The zero-order valence-electron chi connectivity index (χ0n) is 14.1. The number of ether oxygens (including phenoxy) is 2. The Morgan fingerprint density at radius 3 is 2.67 bits per heavy atom. The van der Waals surface area contributed by atoms with Gasteiger partial charge in [0.25, 0.3) is 0 Å². The van der Waals surface area contributed by atoms with E-state index < -0.39 is 0 Å². The minimum Gasteiger partial charge on any atom is -0.493 e. The number of anilines is 1. The van der Waals surface area contributed by atoms with E-state index in [0.29, 0.717) is 17.3 Å². The van der Waals surface area contributed by atoms with E-state index in [1.165, 1.54) is 17.3 Å². The molecule has 0 unspecified atom stereocenters. The molecule has 2 aromatic rings. The predicted octanol–water partition coefficient (Wildman–Crippen LogP) is 3.77. The Morgan fingerprint density at radius 2 is 1.92 bits per heavy atom. The first kappa shape index (κ1) is 16.7. The molecular weight excluding hydrogens is 322 g/mol. The normalized spacial score (nSPS) is 16.0. The molecule has 1 aliphatic heterocycles. The summed E-state index contributed by atoms with van der Waals surface area (Å²) in [5.41, 5.74) is 2.29. The first-order valence-electron chi connectivity index (χ1n) is 7.89. The molecule has 4 nitrogen and oxygen atoms in total. The van der Waals surface area contributed by atoms with Gasteiger partial charge in [-0.15, -0.1) is 11.8 Å². The van der Waals surface area contributed by atoms with Gasteiger partial charge in [-0.2, -0.15) is 0 Å². The zero-order chi connectivity index (χ0) is 17.1. The second kappa shape index (κ2) is 7.18. The number of carbonyl (C=O) groups excluding carboxylic acids is 1. The van der Waals surface area contributed by atoms with E-state index in [4.69, 9.17) is 9.47 Å². The van der Waals surface area contributed by atoms with Gasteiger partial charge in [0.2, 0.25) is 5.91 Å². The van der Waals surface area contributed by atoms with Crippen molar-refractivity contribution in [2.45, 2.75) is 24.3 Å². The second-order valence-corrected chi connectivity index (χ2v) is 6.80. The fourth-order valence-corrected chi connectivity index (χ4v) is 3.85. The van der Waals surface area contributed by atoms with Crippen molar-refractivity contribution in [1.29, 1.82) is 0 Å². The Hall–Kier alpha value is -2.14. The van der Waals surface area contributed by atoms with Gasteiger partial charge in [0, 0.05) is 16.6 Å². The van der Waals surface area contributed by atoms with E-state index in [-0.39, 0.29) is 11.9 Å². The molecule has 0 bridgehead atoms. The van der Waals surface area contributed by atoms with Crippen LogP contribution in [0.1, 0.15) is 12.5 Å². The minimum absolute atomic E-state index is 0.132. The van der Waals surface area contributed by atoms with Crippen molar-refractivity contribution in [2.75, 3.05) is 24.9 Å². The van der Waals surface area contributed by atoms with Crippen molar-refractivity contribution in [3.8, 4) is 11.5 Å². The van der Waals surface area contributed by atoms with Gasteiger partial charge in [-0.1, -0.05) is 18.2 Å². The lowest BCUT2D eigenvalue weighted by Crippen LogP contribution is -2.36. The average Bonchev–Trinajstić information content (AvgIpc) is 2.95. The number of hydrogen-bond donors (Lipinski definition) is 0. The molecule has 0 saturated carbocycles. The van der Waals surface area contributed by atoms with Crippen LogP contribution in [-0.2, 0) is 11.2 Å². The molecule has 3 rings (SSSR count). The van der Waals surface area contributed by atoms with Gasteiger partial charge in [-0.05, 0) is 43.2 Å². The number of rotatable bonds is 5. The number of nitrogens with zero attached hydrogens (tertiary/aromatic N) is 1. The van der Waals surface area contributed by atoms with Crippen LogP contribution in [0, 0.1) is 0 Å². The Labute approximate surface area is 146 Å². The summed E-state index contributed by atoms with van der Waals surface area (Å²) >= 11 is 1.51. The molecule has 0 aromatic heterocycles. The minimum atomic E-state index is 0.132. The molecular formula is C19H21NO3S. The highest BCUT2D eigenvalue weighted by atomic mass is 32.2. The molecule has 0 aliphatic carbocycles. The SMILES string of the molecule is COc1ccc(SCC(=O)N2c3ccccc3C[C@H]2C)cc1OC. The van der Waals surface area contributed by atoms with Gasteiger partial charge in [0.05, 0.1) is 20.0 Å². The number of hydrogen-bond acceptors (Lipinski definition) is 4. The maximum atomic E-state index is 12.7. The van der Waals surface area contributed by atoms with Gasteiger partial charge in [-0.25, -0.2) is 0 Å². The molecule has 1 amide bonds. The molecule has 2 aromatic carbocycles. The first-order chi connectivity index (χ1) is 11.6. The third-order valence-corrected chi connectivity index (χ3v) is 5.17. The number of para-hydroxylation sites is 1. The van der Waals surface area contributed by atoms with Crippen molar-refractivity contribution >= 4 is 23.4 Å². The first-order valence-corrected chi connectivity index (χ1v) is 8.87. The monoisotopic (exact) mass is 343 g/mol. The third kappa shape index (κ3) is 3.22. The Bertz CT molecular complexity index is 747. The van der Waals surface area contributed by atoms with Crippen LogP contribution >= 0.6 is 11.8 Å². The molecule has 0 fully saturated rings. The van der Waals surface area contributed by atoms with Gasteiger partial charge < -0.3 is 14.4 Å². The quantitative estimate of drug-likeness (QED) is 0.775. The lowest BCUT2D eigenvalue weighted by Gasteiger charge is -2.22. The summed E-state index contributed by atoms with van der Waals surface area (Å²) in [5, 5.41) is 0. The largest absolute Gasteiger partial charge is 0.493 e. The second-order valence-electron chi connectivity index (χ2n) is 5.75. The predicted molar refractivity (Wildman–Crippen MR) is 97.4 cm³/mol. The molecule has 1 atom stereocenters. The smallest absolute Gasteiger partial charge is 0.237 e. The van der Waals surface area contributed by atoms with Crippen LogP contribution < -0.4 is 14.4 Å².